The molecule has 2 aliphatic rings. The number of esters is 1. The molecule has 0 amide bonds. The summed E-state index contributed by atoms with van der Waals surface area (Å²) in [5.41, 5.74) is 3.95. The van der Waals surface area contributed by atoms with E-state index in [-0.39, 0.29) is 5.97 Å². The molecule has 0 spiro atoms. The first-order valence-electron chi connectivity index (χ1n) is 6.55. The van der Waals surface area contributed by atoms with Crippen molar-refractivity contribution in [1.29, 1.82) is 0 Å². The predicted molar refractivity (Wildman–Crippen MR) is 74.5 cm³/mol. The van der Waals surface area contributed by atoms with Crippen LogP contribution in [0, 0.1) is 0 Å². The highest BCUT2D eigenvalue weighted by Crippen LogP contribution is 2.49. The van der Waals surface area contributed by atoms with Crippen LogP contribution in [0.4, 0.5) is 0 Å². The van der Waals surface area contributed by atoms with Gasteiger partial charge < -0.3 is 9.84 Å². The Kier molecular flexibility index (Phi) is 2.32. The standard InChI is InChI=1S/C17H12O3/c18-15-12-9-5-4-8-11(12)14-13(17(19)20-16(14)15)10-6-2-1-3-7-10/h1-9,15-16,18H. The van der Waals surface area contributed by atoms with E-state index in [2.05, 4.69) is 0 Å². The quantitative estimate of drug-likeness (QED) is 0.805. The van der Waals surface area contributed by atoms with E-state index < -0.39 is 12.2 Å². The van der Waals surface area contributed by atoms with Gasteiger partial charge in [-0.25, -0.2) is 4.79 Å². The number of carbonyl (C=O) groups is 1. The largest absolute Gasteiger partial charge is 0.451 e. The number of rotatable bonds is 1. The van der Waals surface area contributed by atoms with E-state index in [0.29, 0.717) is 5.57 Å². The number of fused-ring (bicyclic) bond motifs is 3. The van der Waals surface area contributed by atoms with Crippen LogP contribution in [-0.4, -0.2) is 17.2 Å². The van der Waals surface area contributed by atoms with Gasteiger partial charge in [0.25, 0.3) is 0 Å². The Morgan fingerprint density at radius 3 is 2.45 bits per heavy atom. The minimum Gasteiger partial charge on any atom is -0.451 e. The minimum absolute atomic E-state index is 0.357. The van der Waals surface area contributed by atoms with E-state index in [1.54, 1.807) is 0 Å². The first-order chi connectivity index (χ1) is 9.77. The van der Waals surface area contributed by atoms with Gasteiger partial charge in [-0.15, -0.1) is 0 Å². The van der Waals surface area contributed by atoms with Crippen LogP contribution in [-0.2, 0) is 9.53 Å². The summed E-state index contributed by atoms with van der Waals surface area (Å²) in [6, 6.07) is 17.1. The molecule has 0 bridgehead atoms. The zero-order chi connectivity index (χ0) is 13.7. The predicted octanol–water partition coefficient (Wildman–Crippen LogP) is 2.57. The maximum absolute atomic E-state index is 12.2. The van der Waals surface area contributed by atoms with Gasteiger partial charge in [-0.2, -0.15) is 0 Å². The summed E-state index contributed by atoms with van der Waals surface area (Å²) in [7, 11) is 0. The highest BCUT2D eigenvalue weighted by atomic mass is 16.6. The molecular weight excluding hydrogens is 252 g/mol. The minimum atomic E-state index is -0.772. The fourth-order valence-electron chi connectivity index (χ4n) is 3.04. The van der Waals surface area contributed by atoms with E-state index in [0.717, 1.165) is 22.3 Å². The van der Waals surface area contributed by atoms with Crippen LogP contribution in [0.25, 0.3) is 11.1 Å². The molecule has 4 rings (SSSR count). The van der Waals surface area contributed by atoms with Crippen LogP contribution in [0.5, 0.6) is 0 Å². The molecule has 3 nitrogen and oxygen atoms in total. The van der Waals surface area contributed by atoms with Crippen molar-refractivity contribution in [2.24, 2.45) is 0 Å². The van der Waals surface area contributed by atoms with E-state index in [9.17, 15) is 9.90 Å². The summed E-state index contributed by atoms with van der Waals surface area (Å²) in [5, 5.41) is 10.3. The molecule has 98 valence electrons. The monoisotopic (exact) mass is 264 g/mol. The summed E-state index contributed by atoms with van der Waals surface area (Å²) in [4.78, 5) is 12.2. The molecule has 2 aromatic rings. The number of carbonyl (C=O) groups excluding carboxylic acids is 1. The summed E-state index contributed by atoms with van der Waals surface area (Å²) in [6.07, 6.45) is -1.35. The Labute approximate surface area is 116 Å². The van der Waals surface area contributed by atoms with Gasteiger partial charge in [0.15, 0.2) is 6.10 Å². The summed E-state index contributed by atoms with van der Waals surface area (Å²) in [5.74, 6) is -0.357. The number of benzene rings is 2. The summed E-state index contributed by atoms with van der Waals surface area (Å²) in [6.45, 7) is 0. The van der Waals surface area contributed by atoms with Crippen molar-refractivity contribution >= 4 is 17.1 Å². The highest BCUT2D eigenvalue weighted by Gasteiger charge is 2.46. The molecule has 1 N–H and O–H groups in total. The number of hydrogen-bond donors (Lipinski definition) is 1. The molecule has 1 aliphatic carbocycles. The van der Waals surface area contributed by atoms with Crippen LogP contribution < -0.4 is 0 Å². The lowest BCUT2D eigenvalue weighted by atomic mass is 9.97. The highest BCUT2D eigenvalue weighted by molar-refractivity contribution is 6.28. The normalized spacial score (nSPS) is 23.6. The van der Waals surface area contributed by atoms with Crippen LogP contribution in [0.2, 0.25) is 0 Å². The van der Waals surface area contributed by atoms with Crippen LogP contribution in [0.3, 0.4) is 0 Å². The van der Waals surface area contributed by atoms with Gasteiger partial charge in [0, 0.05) is 5.57 Å². The Morgan fingerprint density at radius 1 is 0.950 bits per heavy atom. The van der Waals surface area contributed by atoms with Crippen molar-refractivity contribution in [2.75, 3.05) is 0 Å². The Balaban J connectivity index is 2.00. The molecule has 1 aliphatic heterocycles. The van der Waals surface area contributed by atoms with Crippen LogP contribution in [0.1, 0.15) is 22.8 Å². The maximum Gasteiger partial charge on any atom is 0.339 e. The number of ether oxygens (including phenoxy) is 1. The molecule has 0 saturated carbocycles. The smallest absolute Gasteiger partial charge is 0.339 e. The second-order valence-electron chi connectivity index (χ2n) is 5.01. The van der Waals surface area contributed by atoms with Gasteiger partial charge in [-0.3, -0.25) is 0 Å². The van der Waals surface area contributed by atoms with Gasteiger partial charge in [0.2, 0.25) is 0 Å². The Hall–Kier alpha value is -2.39. The number of aliphatic hydroxyl groups excluding tert-OH is 1. The first-order valence-corrected chi connectivity index (χ1v) is 6.55. The van der Waals surface area contributed by atoms with Gasteiger partial charge in [-0.05, 0) is 16.7 Å². The molecular formula is C17H12O3. The molecule has 0 radical (unpaired) electrons. The third-order valence-corrected chi connectivity index (χ3v) is 3.91. The van der Waals surface area contributed by atoms with Crippen LogP contribution >= 0.6 is 0 Å². The van der Waals surface area contributed by atoms with Gasteiger partial charge >= 0.3 is 5.97 Å². The number of hydrogen-bond acceptors (Lipinski definition) is 3. The second-order valence-corrected chi connectivity index (χ2v) is 5.01. The molecule has 0 aromatic heterocycles. The van der Waals surface area contributed by atoms with Gasteiger partial charge in [0.05, 0.1) is 5.57 Å². The fraction of sp³-hybridized carbons (Fsp3) is 0.118. The lowest BCUT2D eigenvalue weighted by molar-refractivity contribution is -0.141. The van der Waals surface area contributed by atoms with Crippen molar-refractivity contribution in [3.05, 3.63) is 71.3 Å². The third kappa shape index (κ3) is 1.41. The van der Waals surface area contributed by atoms with Crippen molar-refractivity contribution in [1.82, 2.24) is 0 Å². The molecule has 20 heavy (non-hydrogen) atoms. The maximum atomic E-state index is 12.2. The molecule has 0 fully saturated rings. The molecule has 1 heterocycles. The molecule has 2 unspecified atom stereocenters. The average Bonchev–Trinajstić information content (AvgIpc) is 2.96. The molecule has 3 heteroatoms. The Bertz CT molecular complexity index is 731. The van der Waals surface area contributed by atoms with Gasteiger partial charge in [-0.1, -0.05) is 54.6 Å². The van der Waals surface area contributed by atoms with Gasteiger partial charge in [0.1, 0.15) is 6.10 Å². The van der Waals surface area contributed by atoms with Crippen molar-refractivity contribution in [3.63, 3.8) is 0 Å². The first kappa shape index (κ1) is 11.4. The second kappa shape index (κ2) is 4.05. The summed E-state index contributed by atoms with van der Waals surface area (Å²) >= 11 is 0. The van der Waals surface area contributed by atoms with Crippen LogP contribution in [0.15, 0.2) is 54.6 Å². The lowest BCUT2D eigenvalue weighted by Gasteiger charge is -2.10. The van der Waals surface area contributed by atoms with E-state index >= 15 is 0 Å². The molecule has 2 atom stereocenters. The lowest BCUT2D eigenvalue weighted by Crippen LogP contribution is -2.15. The Morgan fingerprint density at radius 2 is 1.65 bits per heavy atom. The third-order valence-electron chi connectivity index (χ3n) is 3.91. The summed E-state index contributed by atoms with van der Waals surface area (Å²) < 4.78 is 5.38. The van der Waals surface area contributed by atoms with E-state index in [1.165, 1.54) is 0 Å². The average molecular weight is 264 g/mol. The molecule has 0 saturated heterocycles. The fourth-order valence-corrected chi connectivity index (χ4v) is 3.04. The zero-order valence-corrected chi connectivity index (χ0v) is 10.6. The van der Waals surface area contributed by atoms with Crippen molar-refractivity contribution in [2.45, 2.75) is 12.2 Å². The van der Waals surface area contributed by atoms with Crippen molar-refractivity contribution in [3.8, 4) is 0 Å². The zero-order valence-electron chi connectivity index (χ0n) is 10.6. The van der Waals surface area contributed by atoms with Crippen molar-refractivity contribution < 1.29 is 14.6 Å². The van der Waals surface area contributed by atoms with E-state index in [1.807, 2.05) is 54.6 Å². The SMILES string of the molecule is O=C1OC2C(=C1c1ccccc1)c1ccccc1C2O. The molecule has 2 aromatic carbocycles. The van der Waals surface area contributed by atoms with E-state index in [4.69, 9.17) is 4.74 Å². The number of aliphatic hydroxyl groups is 1. The topological polar surface area (TPSA) is 46.5 Å².